The Bertz CT molecular complexity index is 950. The average Bonchev–Trinajstić information content (AvgIpc) is 3.09. The number of benzene rings is 2. The van der Waals surface area contributed by atoms with Gasteiger partial charge < -0.3 is 14.8 Å². The van der Waals surface area contributed by atoms with Crippen molar-refractivity contribution in [3.8, 4) is 11.5 Å². The highest BCUT2D eigenvalue weighted by molar-refractivity contribution is 7.22. The number of nitrogens with one attached hydrogen (secondary N) is 1. The number of carbonyl (C=O) groups is 2. The molecule has 1 amide bonds. The summed E-state index contributed by atoms with van der Waals surface area (Å²) in [6, 6.07) is 12.6. The zero-order valence-corrected chi connectivity index (χ0v) is 16.0. The Morgan fingerprint density at radius 1 is 1.11 bits per heavy atom. The summed E-state index contributed by atoms with van der Waals surface area (Å²) in [6.45, 7) is 2.48. The van der Waals surface area contributed by atoms with Gasteiger partial charge in [0.05, 0.1) is 18.4 Å². The number of hydrogen-bond acceptors (Lipinski definition) is 6. The molecule has 1 aromatic heterocycles. The van der Waals surface area contributed by atoms with E-state index in [-0.39, 0.29) is 24.5 Å². The number of ether oxygens (including phenoxy) is 2. The van der Waals surface area contributed by atoms with E-state index >= 15 is 0 Å². The number of thiazole rings is 1. The molecule has 0 saturated carbocycles. The molecule has 2 aromatic carbocycles. The van der Waals surface area contributed by atoms with Gasteiger partial charge in [0.25, 0.3) is 0 Å². The smallest absolute Gasteiger partial charge is 0.226 e. The van der Waals surface area contributed by atoms with E-state index in [0.29, 0.717) is 28.6 Å². The fourth-order valence-corrected chi connectivity index (χ4v) is 3.50. The number of nitrogens with zero attached hydrogens (tertiary/aromatic N) is 1. The maximum Gasteiger partial charge on any atom is 0.226 e. The van der Waals surface area contributed by atoms with Crippen molar-refractivity contribution in [3.05, 3.63) is 48.0 Å². The minimum absolute atomic E-state index is 0.0841. The quantitative estimate of drug-likeness (QED) is 0.586. The summed E-state index contributed by atoms with van der Waals surface area (Å²) in [4.78, 5) is 28.8. The van der Waals surface area contributed by atoms with Gasteiger partial charge in [-0.05, 0) is 43.3 Å². The van der Waals surface area contributed by atoms with Crippen LogP contribution >= 0.6 is 11.3 Å². The molecule has 3 rings (SSSR count). The highest BCUT2D eigenvalue weighted by Gasteiger charge is 2.13. The summed E-state index contributed by atoms with van der Waals surface area (Å²) in [7, 11) is 1.58. The van der Waals surface area contributed by atoms with Crippen LogP contribution in [0.25, 0.3) is 10.2 Å². The molecule has 0 radical (unpaired) electrons. The Morgan fingerprint density at radius 2 is 1.89 bits per heavy atom. The number of Topliss-reactive ketones (excluding diaryl/α,β-unsaturated/α-hetero) is 1. The molecular formula is C20H20N2O4S. The molecule has 3 aromatic rings. The van der Waals surface area contributed by atoms with Gasteiger partial charge in [-0.2, -0.15) is 0 Å². The molecular weight excluding hydrogens is 364 g/mol. The number of anilines is 1. The van der Waals surface area contributed by atoms with Crippen LogP contribution in [0.5, 0.6) is 11.5 Å². The van der Waals surface area contributed by atoms with Gasteiger partial charge >= 0.3 is 0 Å². The van der Waals surface area contributed by atoms with Crippen LogP contribution in [0, 0.1) is 0 Å². The van der Waals surface area contributed by atoms with E-state index in [1.165, 1.54) is 11.3 Å². The fraction of sp³-hybridized carbons (Fsp3) is 0.250. The summed E-state index contributed by atoms with van der Waals surface area (Å²) in [5.74, 6) is 1.06. The highest BCUT2D eigenvalue weighted by Crippen LogP contribution is 2.32. The van der Waals surface area contributed by atoms with Crippen LogP contribution in [0.1, 0.15) is 30.1 Å². The number of hydrogen-bond donors (Lipinski definition) is 1. The van der Waals surface area contributed by atoms with Crippen molar-refractivity contribution >= 4 is 38.4 Å². The number of methoxy groups -OCH3 is 1. The fourth-order valence-electron chi connectivity index (χ4n) is 2.60. The number of fused-ring (bicyclic) bond motifs is 1. The van der Waals surface area contributed by atoms with E-state index in [0.717, 1.165) is 10.4 Å². The third-order valence-corrected chi connectivity index (χ3v) is 4.85. The van der Waals surface area contributed by atoms with E-state index in [4.69, 9.17) is 9.47 Å². The van der Waals surface area contributed by atoms with Gasteiger partial charge in [0.1, 0.15) is 17.0 Å². The predicted molar refractivity (Wildman–Crippen MR) is 106 cm³/mol. The zero-order valence-electron chi connectivity index (χ0n) is 15.2. The largest absolute Gasteiger partial charge is 0.494 e. The number of ketones is 1. The Labute approximate surface area is 161 Å². The third kappa shape index (κ3) is 4.62. The molecule has 0 aliphatic carbocycles. The standard InChI is InChI=1S/C20H20N2O4S/c1-3-26-14-9-7-13(8-10-14)15(23)11-12-18(24)21-20-22-19-16(25-2)5-4-6-17(19)27-20/h4-10H,3,11-12H2,1-2H3,(H,21,22,24). The van der Waals surface area contributed by atoms with E-state index in [1.54, 1.807) is 31.4 Å². The van der Waals surface area contributed by atoms with Crippen LogP contribution in [0.15, 0.2) is 42.5 Å². The lowest BCUT2D eigenvalue weighted by Gasteiger charge is -2.05. The molecule has 140 valence electrons. The molecule has 0 aliphatic heterocycles. The molecule has 27 heavy (non-hydrogen) atoms. The SMILES string of the molecule is CCOc1ccc(C(=O)CCC(=O)Nc2nc3c(OC)cccc3s2)cc1. The highest BCUT2D eigenvalue weighted by atomic mass is 32.1. The lowest BCUT2D eigenvalue weighted by atomic mass is 10.1. The Kier molecular flexibility index (Phi) is 6.03. The van der Waals surface area contributed by atoms with Gasteiger partial charge in [-0.3, -0.25) is 9.59 Å². The van der Waals surface area contributed by atoms with Crippen molar-refractivity contribution in [3.63, 3.8) is 0 Å². The van der Waals surface area contributed by atoms with Crippen LogP contribution in [-0.2, 0) is 4.79 Å². The first-order valence-corrected chi connectivity index (χ1v) is 9.41. The van der Waals surface area contributed by atoms with E-state index < -0.39 is 0 Å². The van der Waals surface area contributed by atoms with Crippen LogP contribution in [-0.4, -0.2) is 30.4 Å². The summed E-state index contributed by atoms with van der Waals surface area (Å²) < 4.78 is 11.6. The first-order valence-electron chi connectivity index (χ1n) is 8.60. The molecule has 0 aliphatic rings. The monoisotopic (exact) mass is 384 g/mol. The molecule has 0 unspecified atom stereocenters. The minimum atomic E-state index is -0.243. The molecule has 1 N–H and O–H groups in total. The second kappa shape index (κ2) is 8.64. The van der Waals surface area contributed by atoms with Crippen LogP contribution < -0.4 is 14.8 Å². The summed E-state index contributed by atoms with van der Waals surface area (Å²) in [6.07, 6.45) is 0.229. The van der Waals surface area contributed by atoms with Crippen molar-refractivity contribution in [2.24, 2.45) is 0 Å². The number of para-hydroxylation sites is 1. The lowest BCUT2D eigenvalue weighted by Crippen LogP contribution is -2.13. The van der Waals surface area contributed by atoms with E-state index in [9.17, 15) is 9.59 Å². The van der Waals surface area contributed by atoms with Crippen LogP contribution in [0.3, 0.4) is 0 Å². The Hall–Kier alpha value is -2.93. The predicted octanol–water partition coefficient (Wildman–Crippen LogP) is 4.31. The van der Waals surface area contributed by atoms with Gasteiger partial charge in [-0.25, -0.2) is 4.98 Å². The first kappa shape index (κ1) is 18.8. The lowest BCUT2D eigenvalue weighted by molar-refractivity contribution is -0.116. The molecule has 1 heterocycles. The van der Waals surface area contributed by atoms with Gasteiger partial charge in [-0.15, -0.1) is 0 Å². The molecule has 0 spiro atoms. The van der Waals surface area contributed by atoms with Crippen LogP contribution in [0.4, 0.5) is 5.13 Å². The minimum Gasteiger partial charge on any atom is -0.494 e. The number of amides is 1. The van der Waals surface area contributed by atoms with Crippen molar-refractivity contribution in [1.82, 2.24) is 4.98 Å². The maximum absolute atomic E-state index is 12.2. The Balaban J connectivity index is 1.57. The van der Waals surface area contributed by atoms with E-state index in [2.05, 4.69) is 10.3 Å². The van der Waals surface area contributed by atoms with Crippen LogP contribution in [0.2, 0.25) is 0 Å². The van der Waals surface area contributed by atoms with Gasteiger partial charge in [0.15, 0.2) is 10.9 Å². The van der Waals surface area contributed by atoms with Crippen molar-refractivity contribution in [2.75, 3.05) is 19.0 Å². The second-order valence-electron chi connectivity index (χ2n) is 5.75. The molecule has 7 heteroatoms. The average molecular weight is 384 g/mol. The number of aromatic nitrogens is 1. The van der Waals surface area contributed by atoms with Gasteiger partial charge in [0.2, 0.25) is 5.91 Å². The first-order chi connectivity index (χ1) is 13.1. The summed E-state index contributed by atoms with van der Waals surface area (Å²) in [5.41, 5.74) is 1.28. The topological polar surface area (TPSA) is 77.5 Å². The van der Waals surface area contributed by atoms with Gasteiger partial charge in [-0.1, -0.05) is 17.4 Å². The van der Waals surface area contributed by atoms with E-state index in [1.807, 2.05) is 25.1 Å². The zero-order chi connectivity index (χ0) is 19.2. The third-order valence-electron chi connectivity index (χ3n) is 3.91. The molecule has 0 saturated heterocycles. The van der Waals surface area contributed by atoms with Crippen molar-refractivity contribution in [2.45, 2.75) is 19.8 Å². The Morgan fingerprint density at radius 3 is 2.59 bits per heavy atom. The molecule has 0 atom stereocenters. The van der Waals surface area contributed by atoms with Gasteiger partial charge in [0, 0.05) is 18.4 Å². The summed E-state index contributed by atoms with van der Waals surface area (Å²) >= 11 is 1.37. The van der Waals surface area contributed by atoms with Crippen molar-refractivity contribution < 1.29 is 19.1 Å². The number of rotatable bonds is 8. The molecule has 0 bridgehead atoms. The molecule has 0 fully saturated rings. The second-order valence-corrected chi connectivity index (χ2v) is 6.79. The van der Waals surface area contributed by atoms with Crippen molar-refractivity contribution in [1.29, 1.82) is 0 Å². The summed E-state index contributed by atoms with van der Waals surface area (Å²) in [5, 5.41) is 3.25. The molecule has 6 nitrogen and oxygen atoms in total. The maximum atomic E-state index is 12.2. The normalized spacial score (nSPS) is 10.6. The number of carbonyl (C=O) groups excluding carboxylic acids is 2.